The van der Waals surface area contributed by atoms with Crippen LogP contribution >= 0.6 is 11.8 Å². The van der Waals surface area contributed by atoms with Crippen molar-refractivity contribution in [3.05, 3.63) is 59.7 Å². The fourth-order valence-electron chi connectivity index (χ4n) is 2.84. The highest BCUT2D eigenvalue weighted by Crippen LogP contribution is 2.40. The molecule has 3 amide bonds. The van der Waals surface area contributed by atoms with Crippen LogP contribution in [-0.2, 0) is 4.79 Å². The summed E-state index contributed by atoms with van der Waals surface area (Å²) in [5.41, 5.74) is -3.74. The van der Waals surface area contributed by atoms with Gasteiger partial charge in [0.15, 0.2) is 0 Å². The fraction of sp³-hybridized carbons (Fsp3) is 0.211. The molecule has 2 aromatic carbocycles. The Labute approximate surface area is 162 Å². The summed E-state index contributed by atoms with van der Waals surface area (Å²) in [5, 5.41) is 2.45. The quantitative estimate of drug-likeness (QED) is 0.571. The number of hydrogen-bond donors (Lipinski definition) is 1. The number of thioether (sulfide) groups is 1. The zero-order chi connectivity index (χ0) is 20.3. The first-order valence-corrected chi connectivity index (χ1v) is 9.18. The number of nitrogens with one attached hydrogen (secondary N) is 1. The topological polar surface area (TPSA) is 66.5 Å². The zero-order valence-corrected chi connectivity index (χ0v) is 15.3. The van der Waals surface area contributed by atoms with E-state index in [1.54, 1.807) is 24.3 Å². The highest BCUT2D eigenvalue weighted by atomic mass is 32.2. The summed E-state index contributed by atoms with van der Waals surface area (Å²) in [5.74, 6) is -1.31. The molecule has 9 heteroatoms. The van der Waals surface area contributed by atoms with E-state index < -0.39 is 23.2 Å². The number of carbonyl (C=O) groups excluding carboxylic acids is 3. The minimum atomic E-state index is -4.47. The molecule has 0 spiro atoms. The molecule has 146 valence electrons. The van der Waals surface area contributed by atoms with Crippen molar-refractivity contribution in [3.63, 3.8) is 0 Å². The van der Waals surface area contributed by atoms with Gasteiger partial charge in [0.2, 0.25) is 5.91 Å². The molecule has 3 rings (SSSR count). The van der Waals surface area contributed by atoms with Crippen molar-refractivity contribution in [2.24, 2.45) is 0 Å². The van der Waals surface area contributed by atoms with Gasteiger partial charge < -0.3 is 5.32 Å². The number of rotatable bonds is 6. The molecule has 0 saturated heterocycles. The number of fused-ring (bicyclic) bond motifs is 1. The average molecular weight is 408 g/mol. The molecule has 1 aliphatic rings. The van der Waals surface area contributed by atoms with Crippen LogP contribution in [0.2, 0.25) is 0 Å². The molecule has 28 heavy (non-hydrogen) atoms. The summed E-state index contributed by atoms with van der Waals surface area (Å²) in [6, 6.07) is 12.1. The van der Waals surface area contributed by atoms with E-state index in [-0.39, 0.29) is 41.7 Å². The Kier molecular flexibility index (Phi) is 5.73. The van der Waals surface area contributed by atoms with Crippen molar-refractivity contribution in [3.8, 4) is 0 Å². The standard InChI is InChI=1S/C19H15F3N2O3S/c20-19(21,22)28-15-9-4-3-8-14(15)23-16(25)10-5-11-24-17(26)12-6-1-2-7-13(12)18(24)27/h1-4,6-9H,5,10-11H2,(H,23,25). The number of carbonyl (C=O) groups is 3. The molecule has 0 unspecified atom stereocenters. The Bertz CT molecular complexity index is 896. The number of imide groups is 1. The molecule has 0 radical (unpaired) electrons. The average Bonchev–Trinajstić information content (AvgIpc) is 2.87. The Morgan fingerprint density at radius 1 is 0.964 bits per heavy atom. The SMILES string of the molecule is O=C(CCCN1C(=O)c2ccccc2C1=O)Nc1ccccc1SC(F)(F)F. The van der Waals surface area contributed by atoms with Gasteiger partial charge in [0.05, 0.1) is 16.8 Å². The molecule has 0 aliphatic carbocycles. The summed E-state index contributed by atoms with van der Waals surface area (Å²) < 4.78 is 37.8. The third-order valence-electron chi connectivity index (χ3n) is 4.05. The van der Waals surface area contributed by atoms with Crippen LogP contribution in [0, 0.1) is 0 Å². The first-order valence-electron chi connectivity index (χ1n) is 8.36. The van der Waals surface area contributed by atoms with Crippen LogP contribution in [0.1, 0.15) is 33.6 Å². The lowest BCUT2D eigenvalue weighted by atomic mass is 10.1. The van der Waals surface area contributed by atoms with Crippen molar-refractivity contribution < 1.29 is 27.6 Å². The van der Waals surface area contributed by atoms with Gasteiger partial charge in [0.1, 0.15) is 0 Å². The number of benzene rings is 2. The monoisotopic (exact) mass is 408 g/mol. The second-order valence-electron chi connectivity index (χ2n) is 6.00. The lowest BCUT2D eigenvalue weighted by molar-refractivity contribution is -0.116. The Morgan fingerprint density at radius 2 is 1.54 bits per heavy atom. The predicted molar refractivity (Wildman–Crippen MR) is 98.0 cm³/mol. The predicted octanol–water partition coefficient (Wildman–Crippen LogP) is 4.31. The Balaban J connectivity index is 1.55. The number of amides is 3. The van der Waals surface area contributed by atoms with Crippen LogP contribution in [0.3, 0.4) is 0 Å². The number of nitrogens with zero attached hydrogens (tertiary/aromatic N) is 1. The van der Waals surface area contributed by atoms with E-state index in [1.165, 1.54) is 24.3 Å². The largest absolute Gasteiger partial charge is 0.446 e. The second kappa shape index (κ2) is 8.05. The van der Waals surface area contributed by atoms with Crippen LogP contribution < -0.4 is 5.32 Å². The molecule has 0 bridgehead atoms. The smallest absolute Gasteiger partial charge is 0.325 e. The van der Waals surface area contributed by atoms with Crippen LogP contribution in [0.4, 0.5) is 18.9 Å². The molecule has 1 aliphatic heterocycles. The second-order valence-corrected chi connectivity index (χ2v) is 7.11. The van der Waals surface area contributed by atoms with Gasteiger partial charge in [-0.3, -0.25) is 19.3 Å². The van der Waals surface area contributed by atoms with Crippen LogP contribution in [-0.4, -0.2) is 34.7 Å². The number of anilines is 1. The molecule has 1 N–H and O–H groups in total. The first-order chi connectivity index (χ1) is 13.3. The van der Waals surface area contributed by atoms with Crippen molar-refractivity contribution in [1.29, 1.82) is 0 Å². The Morgan fingerprint density at radius 3 is 2.14 bits per heavy atom. The molecular weight excluding hydrogens is 393 g/mol. The minimum Gasteiger partial charge on any atom is -0.325 e. The van der Waals surface area contributed by atoms with Gasteiger partial charge in [-0.1, -0.05) is 24.3 Å². The summed E-state index contributed by atoms with van der Waals surface area (Å²) >= 11 is -0.305. The molecule has 0 saturated carbocycles. The summed E-state index contributed by atoms with van der Waals surface area (Å²) in [4.78, 5) is 37.6. The molecule has 0 atom stereocenters. The van der Waals surface area contributed by atoms with Gasteiger partial charge in [0, 0.05) is 17.9 Å². The first kappa shape index (κ1) is 19.9. The molecule has 1 heterocycles. The normalized spacial score (nSPS) is 13.6. The lowest BCUT2D eigenvalue weighted by Gasteiger charge is -2.14. The van der Waals surface area contributed by atoms with Gasteiger partial charge in [-0.05, 0) is 42.4 Å². The maximum Gasteiger partial charge on any atom is 0.446 e. The molecule has 5 nitrogen and oxygen atoms in total. The van der Waals surface area contributed by atoms with Crippen molar-refractivity contribution >= 4 is 35.2 Å². The molecule has 2 aromatic rings. The van der Waals surface area contributed by atoms with Gasteiger partial charge in [-0.15, -0.1) is 0 Å². The van der Waals surface area contributed by atoms with Crippen LogP contribution in [0.25, 0.3) is 0 Å². The molecular formula is C19H15F3N2O3S. The third-order valence-corrected chi connectivity index (χ3v) is 4.86. The van der Waals surface area contributed by atoms with E-state index in [4.69, 9.17) is 0 Å². The van der Waals surface area contributed by atoms with Crippen molar-refractivity contribution in [2.75, 3.05) is 11.9 Å². The minimum absolute atomic E-state index is 0.0432. The number of halogens is 3. The van der Waals surface area contributed by atoms with E-state index >= 15 is 0 Å². The number of hydrogen-bond acceptors (Lipinski definition) is 4. The maximum atomic E-state index is 12.6. The van der Waals surface area contributed by atoms with E-state index in [0.717, 1.165) is 4.90 Å². The van der Waals surface area contributed by atoms with E-state index in [9.17, 15) is 27.6 Å². The van der Waals surface area contributed by atoms with E-state index in [0.29, 0.717) is 11.1 Å². The highest BCUT2D eigenvalue weighted by molar-refractivity contribution is 8.00. The van der Waals surface area contributed by atoms with Crippen molar-refractivity contribution in [1.82, 2.24) is 4.90 Å². The zero-order valence-electron chi connectivity index (χ0n) is 14.5. The number of alkyl halides is 3. The highest BCUT2D eigenvalue weighted by Gasteiger charge is 2.34. The van der Waals surface area contributed by atoms with Gasteiger partial charge in [-0.2, -0.15) is 13.2 Å². The maximum absolute atomic E-state index is 12.6. The van der Waals surface area contributed by atoms with Crippen LogP contribution in [0.15, 0.2) is 53.4 Å². The van der Waals surface area contributed by atoms with Crippen molar-refractivity contribution in [2.45, 2.75) is 23.2 Å². The molecule has 0 aromatic heterocycles. The van der Waals surface area contributed by atoms with Crippen LogP contribution in [0.5, 0.6) is 0 Å². The van der Waals surface area contributed by atoms with Gasteiger partial charge in [-0.25, -0.2) is 0 Å². The third kappa shape index (κ3) is 4.53. The lowest BCUT2D eigenvalue weighted by Crippen LogP contribution is -2.31. The number of para-hydroxylation sites is 1. The van der Waals surface area contributed by atoms with E-state index in [1.807, 2.05) is 0 Å². The fourth-order valence-corrected chi connectivity index (χ4v) is 3.46. The summed E-state index contributed by atoms with van der Waals surface area (Å²) in [7, 11) is 0. The summed E-state index contributed by atoms with van der Waals surface area (Å²) in [6.45, 7) is 0.0543. The van der Waals surface area contributed by atoms with E-state index in [2.05, 4.69) is 5.32 Å². The molecule has 0 fully saturated rings. The van der Waals surface area contributed by atoms with Gasteiger partial charge in [0.25, 0.3) is 11.8 Å². The Hall–Kier alpha value is -2.81. The van der Waals surface area contributed by atoms with Gasteiger partial charge >= 0.3 is 5.51 Å². The summed E-state index contributed by atoms with van der Waals surface area (Å²) in [6.07, 6.45) is 0.157.